The van der Waals surface area contributed by atoms with E-state index in [1.54, 1.807) is 20.3 Å². The SMILES string of the molecule is COc1cc2c(cc1OC)C(S(C)(C)C(C)(C)C)=C1Cn3c(cccc3=O)C1N2. The first-order chi connectivity index (χ1) is 13.6. The molecule has 2 aliphatic rings. The molecule has 0 spiro atoms. The van der Waals surface area contributed by atoms with E-state index in [0.29, 0.717) is 12.3 Å². The van der Waals surface area contributed by atoms with Crippen LogP contribution in [0.4, 0.5) is 5.69 Å². The van der Waals surface area contributed by atoms with Crippen molar-refractivity contribution in [2.45, 2.75) is 38.1 Å². The second-order valence-corrected chi connectivity index (χ2v) is 13.3. The molecule has 0 saturated carbocycles. The molecule has 0 saturated heterocycles. The van der Waals surface area contributed by atoms with E-state index < -0.39 is 10.0 Å². The Morgan fingerprint density at radius 2 is 1.76 bits per heavy atom. The zero-order valence-electron chi connectivity index (χ0n) is 18.3. The van der Waals surface area contributed by atoms with Gasteiger partial charge < -0.3 is 19.4 Å². The number of hydrogen-bond donors (Lipinski definition) is 1. The summed E-state index contributed by atoms with van der Waals surface area (Å²) in [5.74, 6) is 1.43. The molecular weight excluding hydrogens is 384 g/mol. The van der Waals surface area contributed by atoms with Crippen LogP contribution in [0.3, 0.4) is 0 Å². The third-order valence-electron chi connectivity index (χ3n) is 6.46. The van der Waals surface area contributed by atoms with Crippen molar-refractivity contribution in [3.05, 3.63) is 57.5 Å². The number of benzene rings is 1. The van der Waals surface area contributed by atoms with Crippen LogP contribution in [0.2, 0.25) is 0 Å². The third-order valence-corrected chi connectivity index (χ3v) is 11.0. The van der Waals surface area contributed by atoms with Gasteiger partial charge in [-0.25, -0.2) is 10.0 Å². The van der Waals surface area contributed by atoms with E-state index in [-0.39, 0.29) is 16.3 Å². The Morgan fingerprint density at radius 1 is 1.10 bits per heavy atom. The van der Waals surface area contributed by atoms with Crippen LogP contribution in [0.1, 0.15) is 38.1 Å². The molecular formula is C23H30N2O3S. The molecule has 6 heteroatoms. The van der Waals surface area contributed by atoms with Gasteiger partial charge >= 0.3 is 0 Å². The van der Waals surface area contributed by atoms with E-state index in [2.05, 4.69) is 50.7 Å². The smallest absolute Gasteiger partial charge is 0.251 e. The third kappa shape index (κ3) is 2.88. The van der Waals surface area contributed by atoms with E-state index in [1.807, 2.05) is 16.7 Å². The molecule has 0 fully saturated rings. The highest BCUT2D eigenvalue weighted by molar-refractivity contribution is 8.40. The highest BCUT2D eigenvalue weighted by Crippen LogP contribution is 2.68. The number of anilines is 1. The van der Waals surface area contributed by atoms with Crippen molar-refractivity contribution in [2.24, 2.45) is 0 Å². The molecule has 0 radical (unpaired) electrons. The normalized spacial score (nSPS) is 18.5. The molecule has 0 bridgehead atoms. The van der Waals surface area contributed by atoms with Crippen molar-refractivity contribution in [3.8, 4) is 11.5 Å². The summed E-state index contributed by atoms with van der Waals surface area (Å²) in [5, 5.41) is 3.68. The van der Waals surface area contributed by atoms with Crippen molar-refractivity contribution < 1.29 is 9.47 Å². The largest absolute Gasteiger partial charge is 0.493 e. The number of nitrogens with one attached hydrogen (secondary N) is 1. The van der Waals surface area contributed by atoms with Crippen molar-refractivity contribution >= 4 is 20.6 Å². The van der Waals surface area contributed by atoms with Crippen LogP contribution in [0.15, 0.2) is 40.7 Å². The summed E-state index contributed by atoms with van der Waals surface area (Å²) in [6.07, 6.45) is 4.76. The Kier molecular flexibility index (Phi) is 4.53. The monoisotopic (exact) mass is 414 g/mol. The Hall–Kier alpha value is -2.34. The summed E-state index contributed by atoms with van der Waals surface area (Å²) in [6, 6.07) is 9.65. The summed E-state index contributed by atoms with van der Waals surface area (Å²) in [4.78, 5) is 13.9. The number of pyridine rings is 1. The Morgan fingerprint density at radius 3 is 2.38 bits per heavy atom. The molecule has 1 atom stereocenters. The maximum Gasteiger partial charge on any atom is 0.251 e. The van der Waals surface area contributed by atoms with Gasteiger partial charge in [-0.15, -0.1) is 0 Å². The van der Waals surface area contributed by atoms with Crippen LogP contribution in [-0.2, 0) is 6.54 Å². The molecule has 1 unspecified atom stereocenters. The summed E-state index contributed by atoms with van der Waals surface area (Å²) < 4.78 is 13.2. The summed E-state index contributed by atoms with van der Waals surface area (Å²) >= 11 is 0. The fourth-order valence-corrected chi connectivity index (χ4v) is 6.35. The van der Waals surface area contributed by atoms with Gasteiger partial charge in [-0.3, -0.25) is 4.79 Å². The first-order valence-corrected chi connectivity index (χ1v) is 12.2. The van der Waals surface area contributed by atoms with Gasteiger partial charge in [0.1, 0.15) is 0 Å². The molecule has 2 aliphatic heterocycles. The molecule has 0 aliphatic carbocycles. The molecule has 3 heterocycles. The van der Waals surface area contributed by atoms with Gasteiger partial charge in [0.15, 0.2) is 11.5 Å². The fraction of sp³-hybridized carbons (Fsp3) is 0.435. The Balaban J connectivity index is 2.04. The van der Waals surface area contributed by atoms with E-state index in [9.17, 15) is 4.79 Å². The number of nitrogens with zero attached hydrogens (tertiary/aromatic N) is 1. The average Bonchev–Trinajstić information content (AvgIpc) is 3.03. The van der Waals surface area contributed by atoms with Gasteiger partial charge in [-0.2, -0.15) is 0 Å². The molecule has 29 heavy (non-hydrogen) atoms. The second kappa shape index (κ2) is 6.59. The van der Waals surface area contributed by atoms with Crippen molar-refractivity contribution in [3.63, 3.8) is 0 Å². The van der Waals surface area contributed by atoms with Crippen molar-refractivity contribution in [2.75, 3.05) is 32.0 Å². The van der Waals surface area contributed by atoms with E-state index in [0.717, 1.165) is 22.7 Å². The van der Waals surface area contributed by atoms with Gasteiger partial charge in [0, 0.05) is 34.0 Å². The van der Waals surface area contributed by atoms with Crippen LogP contribution in [0, 0.1) is 0 Å². The van der Waals surface area contributed by atoms with Crippen LogP contribution in [-0.4, -0.2) is 36.0 Å². The first kappa shape index (κ1) is 20.0. The molecule has 1 aromatic heterocycles. The maximum atomic E-state index is 12.6. The van der Waals surface area contributed by atoms with Crippen LogP contribution < -0.4 is 20.3 Å². The molecule has 2 aromatic rings. The minimum Gasteiger partial charge on any atom is -0.493 e. The molecule has 1 N–H and O–H groups in total. The maximum absolute atomic E-state index is 12.6. The topological polar surface area (TPSA) is 52.5 Å². The van der Waals surface area contributed by atoms with Gasteiger partial charge in [-0.05, 0) is 35.0 Å². The standard InChI is InChI=1S/C23H30N2O3S/c1-23(2,3)29(6,7)22-14-11-18(27-4)19(28-5)12-16(14)24-21-15(22)13-25-17(21)9-8-10-20(25)26/h8-12,21,24H,13H2,1-7H3. The molecule has 0 amide bonds. The summed E-state index contributed by atoms with van der Waals surface area (Å²) in [6.45, 7) is 7.55. The van der Waals surface area contributed by atoms with Gasteiger partial charge in [0.25, 0.3) is 5.56 Å². The van der Waals surface area contributed by atoms with Crippen molar-refractivity contribution in [1.29, 1.82) is 0 Å². The van der Waals surface area contributed by atoms with E-state index in [1.165, 1.54) is 10.5 Å². The highest BCUT2D eigenvalue weighted by Gasteiger charge is 2.42. The van der Waals surface area contributed by atoms with Gasteiger partial charge in [0.05, 0.1) is 26.8 Å². The molecule has 156 valence electrons. The van der Waals surface area contributed by atoms with Crippen LogP contribution >= 0.6 is 10.0 Å². The Bertz CT molecular complexity index is 1080. The van der Waals surface area contributed by atoms with Crippen molar-refractivity contribution in [1.82, 2.24) is 4.57 Å². The number of aromatic nitrogens is 1. The van der Waals surface area contributed by atoms with Crippen LogP contribution in [0.5, 0.6) is 11.5 Å². The van der Waals surface area contributed by atoms with Gasteiger partial charge in [0.2, 0.25) is 0 Å². The molecule has 4 rings (SSSR count). The minimum absolute atomic E-state index is 0.00127. The number of hydrogen-bond acceptors (Lipinski definition) is 4. The zero-order chi connectivity index (χ0) is 21.1. The summed E-state index contributed by atoms with van der Waals surface area (Å²) in [7, 11) is 2.11. The average molecular weight is 415 g/mol. The number of rotatable bonds is 3. The second-order valence-electron chi connectivity index (χ2n) is 9.00. The van der Waals surface area contributed by atoms with E-state index in [4.69, 9.17) is 9.47 Å². The highest BCUT2D eigenvalue weighted by atomic mass is 32.3. The lowest BCUT2D eigenvalue weighted by molar-refractivity contribution is 0.355. The first-order valence-electron chi connectivity index (χ1n) is 9.79. The lowest BCUT2D eigenvalue weighted by Gasteiger charge is -2.49. The molecule has 5 nitrogen and oxygen atoms in total. The zero-order valence-corrected chi connectivity index (χ0v) is 19.1. The number of methoxy groups -OCH3 is 2. The quantitative estimate of drug-likeness (QED) is 0.796. The number of ether oxygens (including phenoxy) is 2. The predicted octanol–water partition coefficient (Wildman–Crippen LogP) is 4.62. The van der Waals surface area contributed by atoms with E-state index >= 15 is 0 Å². The summed E-state index contributed by atoms with van der Waals surface area (Å²) in [5.41, 5.74) is 4.55. The lowest BCUT2D eigenvalue weighted by Crippen LogP contribution is -2.28. The predicted molar refractivity (Wildman–Crippen MR) is 123 cm³/mol. The number of fused-ring (bicyclic) bond motifs is 4. The Labute approximate surface area is 174 Å². The minimum atomic E-state index is -1.21. The van der Waals surface area contributed by atoms with Gasteiger partial charge in [-0.1, -0.05) is 26.8 Å². The molecule has 1 aromatic carbocycles. The lowest BCUT2D eigenvalue weighted by atomic mass is 9.97. The fourth-order valence-electron chi connectivity index (χ4n) is 4.19. The van der Waals surface area contributed by atoms with Crippen LogP contribution in [0.25, 0.3) is 4.91 Å².